The van der Waals surface area contributed by atoms with Crippen LogP contribution in [0.5, 0.6) is 0 Å². The van der Waals surface area contributed by atoms with Crippen LogP contribution in [0.3, 0.4) is 0 Å². The number of sulfonamides is 1. The summed E-state index contributed by atoms with van der Waals surface area (Å²) in [6, 6.07) is -0.0143. The number of hydrogen-bond donors (Lipinski definition) is 0. The van der Waals surface area contributed by atoms with Gasteiger partial charge in [-0.25, -0.2) is 13.4 Å². The third kappa shape index (κ3) is 2.00. The molecule has 2 atom stereocenters. The maximum Gasteiger partial charge on any atom is 0.262 e. The normalized spacial score (nSPS) is 27.6. The minimum Gasteiger partial charge on any atom is -0.375 e. The van der Waals surface area contributed by atoms with Crippen LogP contribution in [0.2, 0.25) is 0 Å². The molecule has 106 valence electrons. The summed E-state index contributed by atoms with van der Waals surface area (Å²) in [6.45, 7) is 4.98. The van der Waals surface area contributed by atoms with E-state index in [1.54, 1.807) is 15.1 Å². The Morgan fingerprint density at radius 1 is 1.47 bits per heavy atom. The van der Waals surface area contributed by atoms with Gasteiger partial charge in [0.25, 0.3) is 10.0 Å². The van der Waals surface area contributed by atoms with Crippen molar-refractivity contribution in [3.63, 3.8) is 0 Å². The molecule has 2 bridgehead atoms. The first-order chi connectivity index (χ1) is 8.89. The molecule has 6 nitrogen and oxygen atoms in total. The fourth-order valence-corrected chi connectivity index (χ4v) is 4.53. The van der Waals surface area contributed by atoms with Crippen molar-refractivity contribution in [2.24, 2.45) is 7.05 Å². The molecule has 7 heteroatoms. The van der Waals surface area contributed by atoms with Gasteiger partial charge in [-0.3, -0.25) is 0 Å². The topological polar surface area (TPSA) is 64.4 Å². The number of ether oxygens (including phenoxy) is 1. The van der Waals surface area contributed by atoms with E-state index in [2.05, 4.69) is 4.98 Å². The number of aromatic nitrogens is 2. The third-order valence-corrected chi connectivity index (χ3v) is 5.62. The molecule has 3 rings (SSSR count). The number of rotatable bonds is 3. The second-order valence-corrected chi connectivity index (χ2v) is 7.46. The van der Waals surface area contributed by atoms with E-state index in [9.17, 15) is 8.42 Å². The highest BCUT2D eigenvalue weighted by molar-refractivity contribution is 7.89. The zero-order chi connectivity index (χ0) is 13.8. The molecule has 0 N–H and O–H groups in total. The third-order valence-electron chi connectivity index (χ3n) is 3.83. The van der Waals surface area contributed by atoms with Crippen molar-refractivity contribution in [3.8, 4) is 0 Å². The molecule has 0 amide bonds. The van der Waals surface area contributed by atoms with Gasteiger partial charge in [0.2, 0.25) is 0 Å². The van der Waals surface area contributed by atoms with E-state index in [0.717, 1.165) is 12.2 Å². The van der Waals surface area contributed by atoms with Gasteiger partial charge in [0.1, 0.15) is 5.82 Å². The van der Waals surface area contributed by atoms with Crippen LogP contribution in [0.25, 0.3) is 0 Å². The Hall–Kier alpha value is -0.920. The van der Waals surface area contributed by atoms with E-state index >= 15 is 0 Å². The molecule has 2 fully saturated rings. The lowest BCUT2D eigenvalue weighted by molar-refractivity contribution is 0.0608. The van der Waals surface area contributed by atoms with Crippen LogP contribution in [-0.2, 0) is 21.8 Å². The maximum atomic E-state index is 12.6. The molecular weight excluding hydrogens is 266 g/mol. The van der Waals surface area contributed by atoms with Gasteiger partial charge in [0, 0.05) is 25.7 Å². The van der Waals surface area contributed by atoms with Crippen LogP contribution in [0, 0.1) is 0 Å². The summed E-state index contributed by atoms with van der Waals surface area (Å²) < 4.78 is 34.0. The van der Waals surface area contributed by atoms with Crippen molar-refractivity contribution < 1.29 is 13.2 Å². The van der Waals surface area contributed by atoms with Gasteiger partial charge in [-0.15, -0.1) is 0 Å². The summed E-state index contributed by atoms with van der Waals surface area (Å²) in [5.41, 5.74) is 0. The molecule has 3 heterocycles. The molecule has 0 saturated carbocycles. The zero-order valence-electron chi connectivity index (χ0n) is 11.4. The van der Waals surface area contributed by atoms with Gasteiger partial charge in [-0.1, -0.05) is 13.8 Å². The lowest BCUT2D eigenvalue weighted by Crippen LogP contribution is -2.41. The largest absolute Gasteiger partial charge is 0.375 e. The number of nitrogens with zero attached hydrogens (tertiary/aromatic N) is 3. The van der Waals surface area contributed by atoms with Crippen molar-refractivity contribution in [2.75, 3.05) is 13.2 Å². The molecule has 1 aromatic rings. The Balaban J connectivity index is 1.94. The van der Waals surface area contributed by atoms with Gasteiger partial charge in [0.05, 0.1) is 18.8 Å². The van der Waals surface area contributed by atoms with E-state index in [-0.39, 0.29) is 23.1 Å². The quantitative estimate of drug-likeness (QED) is 0.820. The first-order valence-corrected chi connectivity index (χ1v) is 8.00. The fraction of sp³-hybridized carbons (Fsp3) is 0.750. The number of aryl methyl sites for hydroxylation is 1. The van der Waals surface area contributed by atoms with Crippen LogP contribution < -0.4 is 0 Å². The van der Waals surface area contributed by atoms with Crippen molar-refractivity contribution in [2.45, 2.75) is 43.4 Å². The van der Waals surface area contributed by atoms with Crippen LogP contribution in [0.4, 0.5) is 0 Å². The molecule has 19 heavy (non-hydrogen) atoms. The van der Waals surface area contributed by atoms with Gasteiger partial charge in [0.15, 0.2) is 5.03 Å². The highest BCUT2D eigenvalue weighted by Gasteiger charge is 2.46. The summed E-state index contributed by atoms with van der Waals surface area (Å²) in [7, 11) is -1.65. The smallest absolute Gasteiger partial charge is 0.262 e. The summed E-state index contributed by atoms with van der Waals surface area (Å²) in [5, 5.41) is 0.159. The van der Waals surface area contributed by atoms with Crippen molar-refractivity contribution in [1.82, 2.24) is 13.9 Å². The molecule has 0 aromatic carbocycles. The Morgan fingerprint density at radius 2 is 2.21 bits per heavy atom. The SMILES string of the molecule is CC(C)c1nc(S(=O)(=O)N2CC3CC2CO3)cn1C. The number of fused-ring (bicyclic) bond motifs is 2. The zero-order valence-corrected chi connectivity index (χ0v) is 12.2. The van der Waals surface area contributed by atoms with Crippen molar-refractivity contribution in [3.05, 3.63) is 12.0 Å². The lowest BCUT2D eigenvalue weighted by atomic mass is 10.2. The Kier molecular flexibility index (Phi) is 2.95. The average Bonchev–Trinajstić information content (AvgIpc) is 3.01. The molecule has 2 unspecified atom stereocenters. The van der Waals surface area contributed by atoms with E-state index in [4.69, 9.17) is 4.74 Å². The van der Waals surface area contributed by atoms with Crippen molar-refractivity contribution in [1.29, 1.82) is 0 Å². The van der Waals surface area contributed by atoms with Crippen molar-refractivity contribution >= 4 is 10.0 Å². The van der Waals surface area contributed by atoms with Crippen LogP contribution in [0.1, 0.15) is 32.0 Å². The second kappa shape index (κ2) is 4.29. The summed E-state index contributed by atoms with van der Waals surface area (Å²) in [6.07, 6.45) is 2.48. The fourth-order valence-electron chi connectivity index (χ4n) is 2.89. The lowest BCUT2D eigenvalue weighted by Gasteiger charge is -2.24. The van der Waals surface area contributed by atoms with Gasteiger partial charge in [-0.05, 0) is 6.42 Å². The number of imidazole rings is 1. The van der Waals surface area contributed by atoms with Crippen LogP contribution in [-0.4, -0.2) is 47.6 Å². The summed E-state index contributed by atoms with van der Waals surface area (Å²) >= 11 is 0. The monoisotopic (exact) mass is 285 g/mol. The van der Waals surface area contributed by atoms with E-state index < -0.39 is 10.0 Å². The Bertz CT molecular complexity index is 593. The molecule has 0 spiro atoms. The predicted octanol–water partition coefficient (Wildman–Crippen LogP) is 0.705. The minimum atomic E-state index is -3.48. The minimum absolute atomic E-state index is 0.0143. The van der Waals surface area contributed by atoms with E-state index in [1.807, 2.05) is 20.9 Å². The highest BCUT2D eigenvalue weighted by Crippen LogP contribution is 2.32. The molecule has 2 saturated heterocycles. The number of hydrogen-bond acceptors (Lipinski definition) is 4. The first kappa shape index (κ1) is 13.1. The maximum absolute atomic E-state index is 12.6. The van der Waals surface area contributed by atoms with Gasteiger partial charge < -0.3 is 9.30 Å². The molecule has 1 aromatic heterocycles. The van der Waals surface area contributed by atoms with Crippen LogP contribution in [0.15, 0.2) is 11.2 Å². The first-order valence-electron chi connectivity index (χ1n) is 6.56. The predicted molar refractivity (Wildman–Crippen MR) is 69.3 cm³/mol. The molecule has 2 aliphatic rings. The molecule has 0 radical (unpaired) electrons. The molecule has 2 aliphatic heterocycles. The average molecular weight is 285 g/mol. The standard InChI is InChI=1S/C12H19N3O3S/c1-8(2)12-13-11(6-14(12)3)19(16,17)15-5-10-4-9(15)7-18-10/h6,8-10H,4-5,7H2,1-3H3. The van der Waals surface area contributed by atoms with E-state index in [0.29, 0.717) is 13.2 Å². The van der Waals surface area contributed by atoms with Gasteiger partial charge in [-0.2, -0.15) is 4.31 Å². The summed E-state index contributed by atoms with van der Waals surface area (Å²) in [5.74, 6) is 0.992. The van der Waals surface area contributed by atoms with E-state index in [1.165, 1.54) is 0 Å². The van der Waals surface area contributed by atoms with Gasteiger partial charge >= 0.3 is 0 Å². The molecule has 0 aliphatic carbocycles. The Labute approximate surface area is 113 Å². The molecular formula is C12H19N3O3S. The highest BCUT2D eigenvalue weighted by atomic mass is 32.2. The Morgan fingerprint density at radius 3 is 2.68 bits per heavy atom. The second-order valence-electron chi connectivity index (χ2n) is 5.62. The summed E-state index contributed by atoms with van der Waals surface area (Å²) in [4.78, 5) is 4.30. The number of morpholine rings is 1. The van der Waals surface area contributed by atoms with Crippen LogP contribution >= 0.6 is 0 Å².